The lowest BCUT2D eigenvalue weighted by Gasteiger charge is -2.25. The highest BCUT2D eigenvalue weighted by Crippen LogP contribution is 2.39. The Morgan fingerprint density at radius 2 is 1.86 bits per heavy atom. The largest absolute Gasteiger partial charge is 0.507 e. The van der Waals surface area contributed by atoms with Crippen LogP contribution in [0.2, 0.25) is 0 Å². The van der Waals surface area contributed by atoms with Crippen LogP contribution < -0.4 is 0 Å². The topological polar surface area (TPSA) is 87.1 Å². The smallest absolute Gasteiger partial charge is 0.295 e. The molecule has 1 fully saturated rings. The molecule has 0 saturated carbocycles. The van der Waals surface area contributed by atoms with Gasteiger partial charge in [0.1, 0.15) is 11.6 Å². The van der Waals surface area contributed by atoms with Gasteiger partial charge in [-0.1, -0.05) is 40.2 Å². The van der Waals surface area contributed by atoms with Crippen LogP contribution in [-0.4, -0.2) is 53.2 Å². The molecule has 3 rings (SSSR count). The van der Waals surface area contributed by atoms with E-state index in [0.29, 0.717) is 11.1 Å². The molecule has 0 bridgehead atoms. The maximum absolute atomic E-state index is 13.9. The van der Waals surface area contributed by atoms with Gasteiger partial charge in [0.15, 0.2) is 0 Å². The predicted molar refractivity (Wildman–Crippen MR) is 107 cm³/mol. The van der Waals surface area contributed by atoms with Crippen molar-refractivity contribution in [3.63, 3.8) is 0 Å². The minimum atomic E-state index is -0.952. The van der Waals surface area contributed by atoms with Crippen LogP contribution in [0.5, 0.6) is 0 Å². The second-order valence-corrected chi connectivity index (χ2v) is 7.31. The number of hydrogen-bond acceptors (Lipinski definition) is 5. The average Bonchev–Trinajstić information content (AvgIpc) is 2.96. The van der Waals surface area contributed by atoms with Crippen molar-refractivity contribution in [3.05, 3.63) is 75.5 Å². The molecule has 2 aromatic rings. The average molecular weight is 464 g/mol. The maximum atomic E-state index is 13.9. The van der Waals surface area contributed by atoms with E-state index in [9.17, 15) is 19.1 Å². The molecule has 6 nitrogen and oxygen atoms in total. The molecule has 1 aliphatic heterocycles. The Labute approximate surface area is 175 Å². The zero-order chi connectivity index (χ0) is 21.0. The van der Waals surface area contributed by atoms with Crippen LogP contribution in [-0.2, 0) is 14.3 Å². The number of amides is 1. The molecular weight excluding hydrogens is 445 g/mol. The molecule has 0 spiro atoms. The van der Waals surface area contributed by atoms with Crippen molar-refractivity contribution in [1.29, 1.82) is 0 Å². The lowest BCUT2D eigenvalue weighted by Crippen LogP contribution is -2.33. The normalized spacial score (nSPS) is 18.4. The molecule has 1 aliphatic rings. The summed E-state index contributed by atoms with van der Waals surface area (Å²) in [6.07, 6.45) is 0. The van der Waals surface area contributed by atoms with Crippen LogP contribution in [0.3, 0.4) is 0 Å². The number of likely N-dealkylation sites (tertiary alicyclic amines) is 1. The van der Waals surface area contributed by atoms with Gasteiger partial charge in [0.25, 0.3) is 11.7 Å². The zero-order valence-corrected chi connectivity index (χ0v) is 16.9. The molecule has 0 aromatic heterocycles. The fourth-order valence-electron chi connectivity index (χ4n) is 3.23. The quantitative estimate of drug-likeness (QED) is 0.285. The number of ketones is 1. The standard InChI is InChI=1S/C21H19BrFNO5/c22-15-6-4-13(5-7-15)19(26)17-18(14-2-1-3-16(23)12-14)24(21(28)20(17)27)8-10-29-11-9-25/h1-7,12,18,25-26H,8-11H2/b19-17-. The van der Waals surface area contributed by atoms with Gasteiger partial charge in [-0.15, -0.1) is 0 Å². The Morgan fingerprint density at radius 3 is 2.52 bits per heavy atom. The second kappa shape index (κ2) is 9.30. The van der Waals surface area contributed by atoms with E-state index in [2.05, 4.69) is 15.9 Å². The van der Waals surface area contributed by atoms with Gasteiger partial charge in [-0.3, -0.25) is 9.59 Å². The van der Waals surface area contributed by atoms with Crippen LogP contribution >= 0.6 is 15.9 Å². The predicted octanol–water partition coefficient (Wildman–Crippen LogP) is 3.02. The van der Waals surface area contributed by atoms with Crippen molar-refractivity contribution in [1.82, 2.24) is 4.90 Å². The number of halogens is 2. The molecule has 8 heteroatoms. The third kappa shape index (κ3) is 4.55. The van der Waals surface area contributed by atoms with Crippen molar-refractivity contribution >= 4 is 33.4 Å². The lowest BCUT2D eigenvalue weighted by molar-refractivity contribution is -0.140. The zero-order valence-electron chi connectivity index (χ0n) is 15.3. The molecular formula is C21H19BrFNO5. The van der Waals surface area contributed by atoms with Crippen LogP contribution in [0.4, 0.5) is 4.39 Å². The molecule has 152 valence electrons. The van der Waals surface area contributed by atoms with Gasteiger partial charge in [-0.25, -0.2) is 4.39 Å². The van der Waals surface area contributed by atoms with Crippen molar-refractivity contribution < 1.29 is 28.9 Å². The third-order valence-corrected chi connectivity index (χ3v) is 5.06. The number of hydrogen-bond donors (Lipinski definition) is 2. The second-order valence-electron chi connectivity index (χ2n) is 6.39. The van der Waals surface area contributed by atoms with Gasteiger partial charge in [-0.2, -0.15) is 0 Å². The van der Waals surface area contributed by atoms with E-state index in [1.165, 1.54) is 23.1 Å². The van der Waals surface area contributed by atoms with Gasteiger partial charge in [0.05, 0.1) is 31.4 Å². The van der Waals surface area contributed by atoms with Crippen LogP contribution in [0.25, 0.3) is 5.76 Å². The molecule has 1 amide bonds. The summed E-state index contributed by atoms with van der Waals surface area (Å²) in [4.78, 5) is 26.7. The van der Waals surface area contributed by atoms with Crippen molar-refractivity contribution in [2.24, 2.45) is 0 Å². The maximum Gasteiger partial charge on any atom is 0.295 e. The number of Topliss-reactive ketones (excluding diaryl/α,β-unsaturated/α-hetero) is 1. The van der Waals surface area contributed by atoms with Gasteiger partial charge < -0.3 is 19.8 Å². The summed E-state index contributed by atoms with van der Waals surface area (Å²) in [6, 6.07) is 11.2. The summed E-state index contributed by atoms with van der Waals surface area (Å²) in [6.45, 7) is 0.0454. The Hall–Kier alpha value is -2.55. The number of aliphatic hydroxyl groups excluding tert-OH is 2. The van der Waals surface area contributed by atoms with E-state index in [-0.39, 0.29) is 37.7 Å². The van der Waals surface area contributed by atoms with E-state index in [1.807, 2.05) is 0 Å². The van der Waals surface area contributed by atoms with Crippen molar-refractivity contribution in [3.8, 4) is 0 Å². The third-order valence-electron chi connectivity index (χ3n) is 4.53. The number of benzene rings is 2. The summed E-state index contributed by atoms with van der Waals surface area (Å²) >= 11 is 3.31. The Balaban J connectivity index is 2.07. The Kier molecular flexibility index (Phi) is 6.79. The fourth-order valence-corrected chi connectivity index (χ4v) is 3.49. The molecule has 2 aromatic carbocycles. The highest BCUT2D eigenvalue weighted by atomic mass is 79.9. The van der Waals surface area contributed by atoms with E-state index < -0.39 is 23.5 Å². The minimum absolute atomic E-state index is 0.0445. The number of aliphatic hydroxyl groups is 2. The molecule has 1 unspecified atom stereocenters. The summed E-state index contributed by atoms with van der Waals surface area (Å²) in [5.74, 6) is -2.50. The molecule has 1 atom stereocenters. The number of carbonyl (C=O) groups excluding carboxylic acids is 2. The van der Waals surface area contributed by atoms with E-state index in [0.717, 1.165) is 4.47 Å². The summed E-state index contributed by atoms with van der Waals surface area (Å²) in [7, 11) is 0. The molecule has 0 aliphatic carbocycles. The van der Waals surface area contributed by atoms with E-state index >= 15 is 0 Å². The number of rotatable bonds is 7. The first-order valence-electron chi connectivity index (χ1n) is 8.92. The highest BCUT2D eigenvalue weighted by molar-refractivity contribution is 9.10. The fraction of sp³-hybridized carbons (Fsp3) is 0.238. The van der Waals surface area contributed by atoms with Gasteiger partial charge >= 0.3 is 0 Å². The molecule has 2 N–H and O–H groups in total. The number of ether oxygens (including phenoxy) is 1. The first-order chi connectivity index (χ1) is 13.9. The first kappa shape index (κ1) is 21.2. The molecule has 1 heterocycles. The van der Waals surface area contributed by atoms with Crippen LogP contribution in [0.1, 0.15) is 17.2 Å². The van der Waals surface area contributed by atoms with Crippen molar-refractivity contribution in [2.75, 3.05) is 26.4 Å². The van der Waals surface area contributed by atoms with Gasteiger partial charge in [0, 0.05) is 16.6 Å². The first-order valence-corrected chi connectivity index (χ1v) is 9.71. The molecule has 0 radical (unpaired) electrons. The van der Waals surface area contributed by atoms with E-state index in [4.69, 9.17) is 9.84 Å². The van der Waals surface area contributed by atoms with Crippen LogP contribution in [0, 0.1) is 5.82 Å². The minimum Gasteiger partial charge on any atom is -0.507 e. The molecule has 1 saturated heterocycles. The number of carbonyl (C=O) groups is 2. The van der Waals surface area contributed by atoms with Crippen molar-refractivity contribution in [2.45, 2.75) is 6.04 Å². The lowest BCUT2D eigenvalue weighted by atomic mass is 9.95. The van der Waals surface area contributed by atoms with E-state index in [1.54, 1.807) is 30.3 Å². The van der Waals surface area contributed by atoms with Gasteiger partial charge in [0.2, 0.25) is 0 Å². The molecule has 29 heavy (non-hydrogen) atoms. The number of nitrogens with zero attached hydrogens (tertiary/aromatic N) is 1. The SMILES string of the molecule is O=C1C(=O)N(CCOCCO)C(c2cccc(F)c2)/C1=C(/O)c1ccc(Br)cc1. The summed E-state index contributed by atoms with van der Waals surface area (Å²) in [5.41, 5.74) is 0.624. The Morgan fingerprint density at radius 1 is 1.14 bits per heavy atom. The van der Waals surface area contributed by atoms with Crippen LogP contribution in [0.15, 0.2) is 58.6 Å². The summed E-state index contributed by atoms with van der Waals surface area (Å²) < 4.78 is 19.9. The highest BCUT2D eigenvalue weighted by Gasteiger charge is 2.45. The summed E-state index contributed by atoms with van der Waals surface area (Å²) in [5, 5.41) is 19.7. The van der Waals surface area contributed by atoms with Gasteiger partial charge in [-0.05, 0) is 29.8 Å². The Bertz CT molecular complexity index is 944. The monoisotopic (exact) mass is 463 g/mol.